The molecule has 0 saturated heterocycles. The topological polar surface area (TPSA) is 62.5 Å². The molecule has 1 aromatic heterocycles. The summed E-state index contributed by atoms with van der Waals surface area (Å²) in [5.41, 5.74) is -0.422. The highest BCUT2D eigenvalue weighted by Gasteiger charge is 2.21. The van der Waals surface area contributed by atoms with Crippen molar-refractivity contribution < 1.29 is 14.3 Å². The first-order chi connectivity index (χ1) is 9.84. The van der Waals surface area contributed by atoms with Gasteiger partial charge in [-0.15, -0.1) is 0 Å². The fourth-order valence-electron chi connectivity index (χ4n) is 2.40. The molecule has 0 saturated carbocycles. The molecule has 0 unspecified atom stereocenters. The molecule has 1 aromatic carbocycles. The molecule has 21 heavy (non-hydrogen) atoms. The van der Waals surface area contributed by atoms with Crippen LogP contribution in [-0.2, 0) is 6.54 Å². The van der Waals surface area contributed by atoms with Crippen LogP contribution in [-0.4, -0.2) is 41.2 Å². The third-order valence-electron chi connectivity index (χ3n) is 3.44. The van der Waals surface area contributed by atoms with E-state index in [1.165, 1.54) is 29.7 Å². The standard InChI is InChI=1S/C15H17FN2O3/c1-9-12(15(20)21)18(8-7-17(2)3)13-10(14(9)19)5-4-6-11(13)16/h4-6H,7-8H2,1-3H3,(H,20,21). The molecule has 0 radical (unpaired) electrons. The SMILES string of the molecule is Cc1c(C(=O)O)n(CCN(C)C)c2c(F)cccc2c1=O. The molecule has 0 aliphatic heterocycles. The van der Waals surface area contributed by atoms with Crippen molar-refractivity contribution in [1.82, 2.24) is 9.47 Å². The maximum absolute atomic E-state index is 14.2. The number of rotatable bonds is 4. The van der Waals surface area contributed by atoms with E-state index >= 15 is 0 Å². The number of nitrogens with zero attached hydrogens (tertiary/aromatic N) is 2. The molecule has 0 amide bonds. The number of pyridine rings is 1. The average molecular weight is 292 g/mol. The molecular formula is C15H17FN2O3. The summed E-state index contributed by atoms with van der Waals surface area (Å²) in [5, 5.41) is 9.60. The van der Waals surface area contributed by atoms with Crippen LogP contribution in [0.1, 0.15) is 16.1 Å². The number of carbonyl (C=O) groups is 1. The van der Waals surface area contributed by atoms with Gasteiger partial charge in [0.15, 0.2) is 5.43 Å². The maximum Gasteiger partial charge on any atom is 0.352 e. The Hall–Kier alpha value is -2.21. The molecule has 5 nitrogen and oxygen atoms in total. The Morgan fingerprint density at radius 1 is 1.38 bits per heavy atom. The third kappa shape index (κ3) is 2.67. The Labute approximate surface area is 121 Å². The summed E-state index contributed by atoms with van der Waals surface area (Å²) in [5.74, 6) is -1.82. The van der Waals surface area contributed by atoms with Crippen LogP contribution in [0.15, 0.2) is 23.0 Å². The molecule has 112 valence electrons. The zero-order valence-electron chi connectivity index (χ0n) is 12.2. The Kier molecular flexibility index (Phi) is 4.09. The summed E-state index contributed by atoms with van der Waals surface area (Å²) >= 11 is 0. The van der Waals surface area contributed by atoms with E-state index in [2.05, 4.69) is 0 Å². The van der Waals surface area contributed by atoms with Crippen molar-refractivity contribution in [3.63, 3.8) is 0 Å². The molecule has 6 heteroatoms. The predicted octanol–water partition coefficient (Wildman–Crippen LogP) is 1.71. The lowest BCUT2D eigenvalue weighted by Crippen LogP contribution is -2.27. The molecule has 0 atom stereocenters. The number of likely N-dealkylation sites (N-methyl/N-ethyl adjacent to an activating group) is 1. The van der Waals surface area contributed by atoms with E-state index in [9.17, 15) is 19.1 Å². The zero-order chi connectivity index (χ0) is 15.7. The summed E-state index contributed by atoms with van der Waals surface area (Å²) < 4.78 is 15.5. The van der Waals surface area contributed by atoms with Crippen molar-refractivity contribution >= 4 is 16.9 Å². The second-order valence-corrected chi connectivity index (χ2v) is 5.20. The Bertz CT molecular complexity index is 766. The van der Waals surface area contributed by atoms with E-state index in [0.717, 1.165) is 0 Å². The minimum Gasteiger partial charge on any atom is -0.477 e. The third-order valence-corrected chi connectivity index (χ3v) is 3.44. The first kappa shape index (κ1) is 15.2. The van der Waals surface area contributed by atoms with Crippen molar-refractivity contribution in [3.05, 3.63) is 45.5 Å². The number of hydrogen-bond acceptors (Lipinski definition) is 3. The number of fused-ring (bicyclic) bond motifs is 1. The fourth-order valence-corrected chi connectivity index (χ4v) is 2.40. The van der Waals surface area contributed by atoms with Gasteiger partial charge in [-0.25, -0.2) is 9.18 Å². The van der Waals surface area contributed by atoms with Crippen LogP contribution in [0.3, 0.4) is 0 Å². The summed E-state index contributed by atoms with van der Waals surface area (Å²) in [6.07, 6.45) is 0. The number of benzene rings is 1. The van der Waals surface area contributed by atoms with Crippen LogP contribution in [0.5, 0.6) is 0 Å². The summed E-state index contributed by atoms with van der Waals surface area (Å²) in [6, 6.07) is 4.20. The van der Waals surface area contributed by atoms with Crippen molar-refractivity contribution in [2.75, 3.05) is 20.6 Å². The van der Waals surface area contributed by atoms with Crippen LogP contribution in [0.2, 0.25) is 0 Å². The van der Waals surface area contributed by atoms with Gasteiger partial charge in [0.05, 0.1) is 5.52 Å². The van der Waals surface area contributed by atoms with E-state index in [0.29, 0.717) is 6.54 Å². The Morgan fingerprint density at radius 2 is 2.05 bits per heavy atom. The van der Waals surface area contributed by atoms with Crippen molar-refractivity contribution in [2.45, 2.75) is 13.5 Å². The second kappa shape index (κ2) is 5.65. The van der Waals surface area contributed by atoms with Gasteiger partial charge in [0, 0.05) is 24.0 Å². The highest BCUT2D eigenvalue weighted by atomic mass is 19.1. The van der Waals surface area contributed by atoms with E-state index in [-0.39, 0.29) is 28.7 Å². The number of para-hydroxylation sites is 1. The second-order valence-electron chi connectivity index (χ2n) is 5.20. The van der Waals surface area contributed by atoms with Gasteiger partial charge in [-0.05, 0) is 33.2 Å². The number of aromatic nitrogens is 1. The largest absolute Gasteiger partial charge is 0.477 e. The number of halogens is 1. The van der Waals surface area contributed by atoms with Gasteiger partial charge in [-0.3, -0.25) is 4.79 Å². The van der Waals surface area contributed by atoms with Gasteiger partial charge in [0.25, 0.3) is 0 Å². The van der Waals surface area contributed by atoms with Crippen molar-refractivity contribution in [3.8, 4) is 0 Å². The molecule has 1 N–H and O–H groups in total. The van der Waals surface area contributed by atoms with Gasteiger partial charge < -0.3 is 14.6 Å². The molecule has 0 fully saturated rings. The van der Waals surface area contributed by atoms with Crippen LogP contribution in [0.4, 0.5) is 4.39 Å². The first-order valence-electron chi connectivity index (χ1n) is 6.54. The normalized spacial score (nSPS) is 11.3. The van der Waals surface area contributed by atoms with Crippen LogP contribution in [0.25, 0.3) is 10.9 Å². The molecule has 0 spiro atoms. The monoisotopic (exact) mass is 292 g/mol. The average Bonchev–Trinajstić information content (AvgIpc) is 2.40. The number of carboxylic acid groups (broad SMARTS) is 1. The lowest BCUT2D eigenvalue weighted by atomic mass is 10.1. The maximum atomic E-state index is 14.2. The summed E-state index contributed by atoms with van der Waals surface area (Å²) in [7, 11) is 3.68. The highest BCUT2D eigenvalue weighted by molar-refractivity contribution is 5.92. The van der Waals surface area contributed by atoms with Gasteiger partial charge >= 0.3 is 5.97 Å². The number of aromatic carboxylic acids is 1. The van der Waals surface area contributed by atoms with Crippen LogP contribution >= 0.6 is 0 Å². The molecule has 0 bridgehead atoms. The van der Waals surface area contributed by atoms with Crippen molar-refractivity contribution in [1.29, 1.82) is 0 Å². The Morgan fingerprint density at radius 3 is 2.62 bits per heavy atom. The van der Waals surface area contributed by atoms with E-state index in [1.807, 2.05) is 19.0 Å². The highest BCUT2D eigenvalue weighted by Crippen LogP contribution is 2.19. The molecule has 2 aromatic rings. The Balaban J connectivity index is 2.88. The molecule has 0 aliphatic rings. The fraction of sp³-hybridized carbons (Fsp3) is 0.333. The van der Waals surface area contributed by atoms with E-state index in [4.69, 9.17) is 0 Å². The zero-order valence-corrected chi connectivity index (χ0v) is 12.2. The van der Waals surface area contributed by atoms with Gasteiger partial charge in [0.1, 0.15) is 11.5 Å². The lowest BCUT2D eigenvalue weighted by molar-refractivity contribution is 0.0683. The minimum atomic E-state index is -1.23. The van der Waals surface area contributed by atoms with E-state index < -0.39 is 17.2 Å². The molecule has 0 aliphatic carbocycles. The minimum absolute atomic E-state index is 0.0485. The number of carboxylic acids is 1. The molecular weight excluding hydrogens is 275 g/mol. The number of hydrogen-bond donors (Lipinski definition) is 1. The van der Waals surface area contributed by atoms with Crippen LogP contribution in [0, 0.1) is 12.7 Å². The first-order valence-corrected chi connectivity index (χ1v) is 6.54. The van der Waals surface area contributed by atoms with E-state index in [1.54, 1.807) is 0 Å². The van der Waals surface area contributed by atoms with Gasteiger partial charge in [0.2, 0.25) is 0 Å². The summed E-state index contributed by atoms with van der Waals surface area (Å²) in [6.45, 7) is 2.28. The van der Waals surface area contributed by atoms with Gasteiger partial charge in [-0.2, -0.15) is 0 Å². The molecule has 2 rings (SSSR count). The predicted molar refractivity (Wildman–Crippen MR) is 78.4 cm³/mol. The quantitative estimate of drug-likeness (QED) is 0.932. The smallest absolute Gasteiger partial charge is 0.352 e. The van der Waals surface area contributed by atoms with Gasteiger partial charge in [-0.1, -0.05) is 6.07 Å². The lowest BCUT2D eigenvalue weighted by Gasteiger charge is -2.19. The van der Waals surface area contributed by atoms with Crippen molar-refractivity contribution in [2.24, 2.45) is 0 Å². The summed E-state index contributed by atoms with van der Waals surface area (Å²) in [4.78, 5) is 25.6. The van der Waals surface area contributed by atoms with Crippen LogP contribution < -0.4 is 5.43 Å². The molecule has 1 heterocycles.